The maximum atomic E-state index is 13.6. The molecular formula is C30H32N2O5. The minimum absolute atomic E-state index is 0.0591. The topological polar surface area (TPSA) is 95.8 Å². The molecule has 4 aromatic rings. The molecule has 7 nitrogen and oxygen atoms in total. The third-order valence-electron chi connectivity index (χ3n) is 7.22. The van der Waals surface area contributed by atoms with Gasteiger partial charge in [-0.15, -0.1) is 0 Å². The Kier molecular flexibility index (Phi) is 6.89. The van der Waals surface area contributed by atoms with Gasteiger partial charge in [0.1, 0.15) is 12.4 Å². The highest BCUT2D eigenvalue weighted by Crippen LogP contribution is 2.35. The first-order valence-electron chi connectivity index (χ1n) is 12.7. The van der Waals surface area contributed by atoms with E-state index >= 15 is 0 Å². The van der Waals surface area contributed by atoms with Crippen LogP contribution in [0.5, 0.6) is 5.75 Å². The van der Waals surface area contributed by atoms with Crippen molar-refractivity contribution in [2.75, 3.05) is 13.7 Å². The SMILES string of the molecule is COCc1cc(=O)c(O)c([C@@H](CC(=O)N2CCc3c([nH]c4ccccc34)C2)c2ccc(C(C)C)cc2)o1. The highest BCUT2D eigenvalue weighted by atomic mass is 16.5. The number of hydrogen-bond acceptors (Lipinski definition) is 5. The molecule has 0 unspecified atom stereocenters. The fourth-order valence-corrected chi connectivity index (χ4v) is 5.19. The van der Waals surface area contributed by atoms with Gasteiger partial charge in [0.25, 0.3) is 0 Å². The van der Waals surface area contributed by atoms with Gasteiger partial charge >= 0.3 is 0 Å². The number of rotatable bonds is 7. The number of aromatic nitrogens is 1. The molecule has 7 heteroatoms. The Balaban J connectivity index is 1.48. The molecule has 2 aromatic carbocycles. The van der Waals surface area contributed by atoms with Gasteiger partial charge in [0.15, 0.2) is 5.76 Å². The molecule has 1 atom stereocenters. The van der Waals surface area contributed by atoms with E-state index in [1.165, 1.54) is 24.1 Å². The number of nitrogens with one attached hydrogen (secondary N) is 1. The molecule has 0 bridgehead atoms. The zero-order valence-electron chi connectivity index (χ0n) is 21.4. The summed E-state index contributed by atoms with van der Waals surface area (Å²) in [5, 5.41) is 11.9. The van der Waals surface area contributed by atoms with Crippen molar-refractivity contribution in [3.05, 3.63) is 98.7 Å². The van der Waals surface area contributed by atoms with E-state index in [9.17, 15) is 14.7 Å². The minimum atomic E-state index is -0.623. The normalized spacial score (nSPS) is 14.2. The number of para-hydroxylation sites is 1. The van der Waals surface area contributed by atoms with Crippen molar-refractivity contribution < 1.29 is 19.1 Å². The van der Waals surface area contributed by atoms with E-state index in [1.807, 2.05) is 41.3 Å². The minimum Gasteiger partial charge on any atom is -0.502 e. The zero-order valence-corrected chi connectivity index (χ0v) is 21.4. The van der Waals surface area contributed by atoms with Crippen LogP contribution in [0.15, 0.2) is 63.8 Å². The monoisotopic (exact) mass is 500 g/mol. The van der Waals surface area contributed by atoms with Gasteiger partial charge in [0, 0.05) is 42.7 Å². The molecule has 37 heavy (non-hydrogen) atoms. The Morgan fingerprint density at radius 3 is 2.59 bits per heavy atom. The van der Waals surface area contributed by atoms with Crippen molar-refractivity contribution in [2.24, 2.45) is 0 Å². The first kappa shape index (κ1) is 24.8. The van der Waals surface area contributed by atoms with Crippen molar-refractivity contribution in [1.82, 2.24) is 9.88 Å². The van der Waals surface area contributed by atoms with Crippen LogP contribution >= 0.6 is 0 Å². The summed E-state index contributed by atoms with van der Waals surface area (Å²) < 4.78 is 11.1. The number of H-pyrrole nitrogens is 1. The number of carbonyl (C=O) groups excluding carboxylic acids is 1. The van der Waals surface area contributed by atoms with Gasteiger partial charge in [0.2, 0.25) is 17.1 Å². The molecule has 5 rings (SSSR count). The number of fused-ring (bicyclic) bond motifs is 3. The number of nitrogens with zero attached hydrogens (tertiary/aromatic N) is 1. The van der Waals surface area contributed by atoms with Gasteiger partial charge in [-0.25, -0.2) is 0 Å². The average molecular weight is 501 g/mol. The molecule has 1 aliphatic heterocycles. The van der Waals surface area contributed by atoms with Gasteiger partial charge in [0.05, 0.1) is 12.5 Å². The lowest BCUT2D eigenvalue weighted by Crippen LogP contribution is -2.36. The third-order valence-corrected chi connectivity index (χ3v) is 7.22. The van der Waals surface area contributed by atoms with Gasteiger partial charge in [-0.1, -0.05) is 56.3 Å². The van der Waals surface area contributed by atoms with Crippen LogP contribution in [0.2, 0.25) is 0 Å². The molecule has 1 aliphatic rings. The summed E-state index contributed by atoms with van der Waals surface area (Å²) in [4.78, 5) is 31.5. The summed E-state index contributed by atoms with van der Waals surface area (Å²) in [5.41, 5.74) is 4.80. The van der Waals surface area contributed by atoms with E-state index in [2.05, 4.69) is 31.0 Å². The van der Waals surface area contributed by atoms with Gasteiger partial charge < -0.3 is 24.1 Å². The number of benzene rings is 2. The first-order valence-corrected chi connectivity index (χ1v) is 12.7. The van der Waals surface area contributed by atoms with Crippen LogP contribution in [-0.2, 0) is 29.1 Å². The molecule has 2 aromatic heterocycles. The summed E-state index contributed by atoms with van der Waals surface area (Å²) in [5.74, 6) is -0.416. The number of aromatic amines is 1. The van der Waals surface area contributed by atoms with Gasteiger partial charge in [-0.2, -0.15) is 0 Å². The molecule has 2 N–H and O–H groups in total. The molecule has 0 aliphatic carbocycles. The average Bonchev–Trinajstić information content (AvgIpc) is 3.27. The standard InChI is InChI=1S/C30H32N2O5/c1-18(2)19-8-10-20(11-9-19)24(30-29(35)27(33)14-21(37-30)17-36-3)15-28(34)32-13-12-23-22-6-4-5-7-25(22)31-26(23)16-32/h4-11,14,18,24,31,35H,12-13,15-17H2,1-3H3/t24-/m0/s1. The molecule has 0 radical (unpaired) electrons. The molecule has 3 heterocycles. The summed E-state index contributed by atoms with van der Waals surface area (Å²) in [6, 6.07) is 17.3. The third kappa shape index (κ3) is 4.91. The van der Waals surface area contributed by atoms with E-state index in [4.69, 9.17) is 9.15 Å². The lowest BCUT2D eigenvalue weighted by Gasteiger charge is -2.29. The Morgan fingerprint density at radius 1 is 1.14 bits per heavy atom. The van der Waals surface area contributed by atoms with Crippen molar-refractivity contribution >= 4 is 16.8 Å². The fourth-order valence-electron chi connectivity index (χ4n) is 5.19. The Labute approximate surface area is 215 Å². The summed E-state index contributed by atoms with van der Waals surface area (Å²) in [6.07, 6.45) is 0.825. The maximum absolute atomic E-state index is 13.6. The number of amides is 1. The van der Waals surface area contributed by atoms with Crippen LogP contribution < -0.4 is 5.43 Å². The molecule has 0 spiro atoms. The van der Waals surface area contributed by atoms with Crippen LogP contribution in [0, 0.1) is 0 Å². The Bertz CT molecular complexity index is 1480. The van der Waals surface area contributed by atoms with E-state index < -0.39 is 17.1 Å². The van der Waals surface area contributed by atoms with Crippen LogP contribution in [0.4, 0.5) is 0 Å². The van der Waals surface area contributed by atoms with Crippen LogP contribution in [0.3, 0.4) is 0 Å². The van der Waals surface area contributed by atoms with E-state index in [-0.39, 0.29) is 24.7 Å². The Hall–Kier alpha value is -3.84. The number of aromatic hydroxyl groups is 1. The molecular weight excluding hydrogens is 468 g/mol. The maximum Gasteiger partial charge on any atom is 0.227 e. The predicted molar refractivity (Wildman–Crippen MR) is 142 cm³/mol. The number of carbonyl (C=O) groups is 1. The second-order valence-corrected chi connectivity index (χ2v) is 9.99. The molecule has 1 amide bonds. The summed E-state index contributed by atoms with van der Waals surface area (Å²) >= 11 is 0. The van der Waals surface area contributed by atoms with Crippen molar-refractivity contribution in [3.63, 3.8) is 0 Å². The quantitative estimate of drug-likeness (QED) is 0.364. The predicted octanol–water partition coefficient (Wildman–Crippen LogP) is 5.20. The van der Waals surface area contributed by atoms with E-state index in [0.29, 0.717) is 24.8 Å². The largest absolute Gasteiger partial charge is 0.502 e. The number of ether oxygens (including phenoxy) is 1. The van der Waals surface area contributed by atoms with Gasteiger partial charge in [-0.3, -0.25) is 9.59 Å². The van der Waals surface area contributed by atoms with E-state index in [0.717, 1.165) is 28.8 Å². The number of hydrogen-bond donors (Lipinski definition) is 2. The Morgan fingerprint density at radius 2 is 1.86 bits per heavy atom. The smallest absolute Gasteiger partial charge is 0.227 e. The van der Waals surface area contributed by atoms with Crippen molar-refractivity contribution in [2.45, 2.75) is 51.7 Å². The molecule has 0 saturated carbocycles. The zero-order chi connectivity index (χ0) is 26.1. The van der Waals surface area contributed by atoms with Crippen LogP contribution in [-0.4, -0.2) is 34.6 Å². The van der Waals surface area contributed by atoms with Gasteiger partial charge in [-0.05, 0) is 35.1 Å². The first-order chi connectivity index (χ1) is 17.9. The second-order valence-electron chi connectivity index (χ2n) is 9.99. The molecule has 0 saturated heterocycles. The fraction of sp³-hybridized carbons (Fsp3) is 0.333. The lowest BCUT2D eigenvalue weighted by atomic mass is 9.89. The second kappa shape index (κ2) is 10.3. The van der Waals surface area contributed by atoms with E-state index in [1.54, 1.807) is 0 Å². The highest BCUT2D eigenvalue weighted by Gasteiger charge is 2.30. The van der Waals surface area contributed by atoms with Crippen molar-refractivity contribution in [3.8, 4) is 5.75 Å². The summed E-state index contributed by atoms with van der Waals surface area (Å²) in [6.45, 7) is 5.41. The van der Waals surface area contributed by atoms with Crippen LogP contribution in [0.25, 0.3) is 10.9 Å². The molecule has 192 valence electrons. The number of methoxy groups -OCH3 is 1. The highest BCUT2D eigenvalue weighted by molar-refractivity contribution is 5.86. The molecule has 0 fully saturated rings. The van der Waals surface area contributed by atoms with Crippen molar-refractivity contribution in [1.29, 1.82) is 0 Å². The lowest BCUT2D eigenvalue weighted by molar-refractivity contribution is -0.132. The van der Waals surface area contributed by atoms with Crippen LogP contribution in [0.1, 0.15) is 66.0 Å². The summed E-state index contributed by atoms with van der Waals surface area (Å²) in [7, 11) is 1.51.